The number of hydrogen-bond acceptors (Lipinski definition) is 2. The summed E-state index contributed by atoms with van der Waals surface area (Å²) >= 11 is 10.9. The molecule has 0 heterocycles. The fourth-order valence-corrected chi connectivity index (χ4v) is 1.56. The molecule has 0 aliphatic carbocycles. The lowest BCUT2D eigenvalue weighted by Crippen LogP contribution is -2.47. The van der Waals surface area contributed by atoms with Gasteiger partial charge in [0.1, 0.15) is 0 Å². The second-order valence-corrected chi connectivity index (χ2v) is 4.97. The second-order valence-electron chi connectivity index (χ2n) is 4.13. The van der Waals surface area contributed by atoms with Crippen molar-refractivity contribution >= 4 is 34.6 Å². The molecule has 0 bridgehead atoms. The summed E-state index contributed by atoms with van der Waals surface area (Å²) in [5.74, 6) is 0. The largest absolute Gasteiger partial charge is 0.394 e. The molecule has 0 saturated carbocycles. The van der Waals surface area contributed by atoms with E-state index in [0.717, 1.165) is 5.69 Å². The van der Waals surface area contributed by atoms with Gasteiger partial charge < -0.3 is 15.7 Å². The van der Waals surface area contributed by atoms with Crippen LogP contribution in [0.1, 0.15) is 13.8 Å². The maximum absolute atomic E-state index is 9.08. The smallest absolute Gasteiger partial charge is 0.171 e. The van der Waals surface area contributed by atoms with Crippen LogP contribution in [0.25, 0.3) is 0 Å². The maximum Gasteiger partial charge on any atom is 0.171 e. The Morgan fingerprint density at radius 3 is 2.44 bits per heavy atom. The third-order valence-electron chi connectivity index (χ3n) is 1.95. The lowest BCUT2D eigenvalue weighted by atomic mass is 10.1. The van der Waals surface area contributed by atoms with Crippen molar-refractivity contribution in [2.45, 2.75) is 19.4 Å². The Labute approximate surface area is 106 Å². The molecule has 1 aromatic carbocycles. The van der Waals surface area contributed by atoms with Crippen molar-refractivity contribution in [1.29, 1.82) is 0 Å². The van der Waals surface area contributed by atoms with Crippen LogP contribution < -0.4 is 10.6 Å². The molecule has 0 aliphatic heterocycles. The third kappa shape index (κ3) is 4.35. The van der Waals surface area contributed by atoms with E-state index in [1.807, 2.05) is 26.0 Å². The van der Waals surface area contributed by atoms with E-state index in [2.05, 4.69) is 10.6 Å². The van der Waals surface area contributed by atoms with E-state index in [9.17, 15) is 0 Å². The molecule has 1 rings (SSSR count). The van der Waals surface area contributed by atoms with Crippen molar-refractivity contribution in [3.05, 3.63) is 29.3 Å². The molecule has 5 heteroatoms. The average Bonchev–Trinajstić information content (AvgIpc) is 2.21. The summed E-state index contributed by atoms with van der Waals surface area (Å²) < 4.78 is 0. The first-order valence-electron chi connectivity index (χ1n) is 4.88. The zero-order chi connectivity index (χ0) is 12.2. The SMILES string of the molecule is CC(C)(CO)NC(=S)Nc1ccc(Cl)cc1. The molecule has 0 aromatic heterocycles. The molecule has 0 amide bonds. The Bertz CT molecular complexity index is 365. The van der Waals surface area contributed by atoms with Crippen LogP contribution in [0.5, 0.6) is 0 Å². The minimum Gasteiger partial charge on any atom is -0.394 e. The van der Waals surface area contributed by atoms with Crippen molar-refractivity contribution in [3.63, 3.8) is 0 Å². The van der Waals surface area contributed by atoms with Gasteiger partial charge in [0.2, 0.25) is 0 Å². The van der Waals surface area contributed by atoms with E-state index >= 15 is 0 Å². The van der Waals surface area contributed by atoms with Crippen molar-refractivity contribution < 1.29 is 5.11 Å². The van der Waals surface area contributed by atoms with Crippen LogP contribution in [-0.2, 0) is 0 Å². The maximum atomic E-state index is 9.08. The Hall–Kier alpha value is -0.840. The Morgan fingerprint density at radius 1 is 1.38 bits per heavy atom. The molecule has 88 valence electrons. The molecule has 3 N–H and O–H groups in total. The number of hydrogen-bond donors (Lipinski definition) is 3. The second kappa shape index (κ2) is 5.48. The number of anilines is 1. The molecule has 0 atom stereocenters. The zero-order valence-corrected chi connectivity index (χ0v) is 10.8. The van der Waals surface area contributed by atoms with E-state index in [0.29, 0.717) is 10.1 Å². The number of rotatable bonds is 3. The predicted octanol–water partition coefficient (Wildman–Crippen LogP) is 2.40. The first-order valence-corrected chi connectivity index (χ1v) is 5.67. The predicted molar refractivity (Wildman–Crippen MR) is 72.0 cm³/mol. The summed E-state index contributed by atoms with van der Waals surface area (Å²) in [7, 11) is 0. The molecule has 1 aromatic rings. The highest BCUT2D eigenvalue weighted by atomic mass is 35.5. The molecule has 0 saturated heterocycles. The topological polar surface area (TPSA) is 44.3 Å². The van der Waals surface area contributed by atoms with Gasteiger partial charge in [-0.15, -0.1) is 0 Å². The first-order chi connectivity index (χ1) is 7.43. The van der Waals surface area contributed by atoms with Gasteiger partial charge in [0.05, 0.1) is 12.1 Å². The molecule has 0 fully saturated rings. The Balaban J connectivity index is 2.55. The number of halogens is 1. The van der Waals surface area contributed by atoms with Crippen molar-refractivity contribution in [2.24, 2.45) is 0 Å². The van der Waals surface area contributed by atoms with E-state index in [1.54, 1.807) is 12.1 Å². The van der Waals surface area contributed by atoms with Gasteiger partial charge in [0.25, 0.3) is 0 Å². The number of benzene rings is 1. The van der Waals surface area contributed by atoms with E-state index in [4.69, 9.17) is 28.9 Å². The molecule has 16 heavy (non-hydrogen) atoms. The van der Waals surface area contributed by atoms with Crippen LogP contribution in [0.2, 0.25) is 5.02 Å². The van der Waals surface area contributed by atoms with Crippen LogP contribution in [0.3, 0.4) is 0 Å². The normalized spacial score (nSPS) is 11.0. The van der Waals surface area contributed by atoms with Gasteiger partial charge in [-0.25, -0.2) is 0 Å². The lowest BCUT2D eigenvalue weighted by molar-refractivity contribution is 0.207. The molecule has 0 aliphatic rings. The van der Waals surface area contributed by atoms with Crippen molar-refractivity contribution in [3.8, 4) is 0 Å². The molecular formula is C11H15ClN2OS. The fourth-order valence-electron chi connectivity index (χ4n) is 1.04. The lowest BCUT2D eigenvalue weighted by Gasteiger charge is -2.25. The average molecular weight is 259 g/mol. The fraction of sp³-hybridized carbons (Fsp3) is 0.364. The van der Waals surface area contributed by atoms with Crippen LogP contribution in [0.15, 0.2) is 24.3 Å². The summed E-state index contributed by atoms with van der Waals surface area (Å²) in [4.78, 5) is 0. The summed E-state index contributed by atoms with van der Waals surface area (Å²) in [5, 5.41) is 16.2. The van der Waals surface area contributed by atoms with Gasteiger partial charge in [0, 0.05) is 10.7 Å². The van der Waals surface area contributed by atoms with Gasteiger partial charge in [0.15, 0.2) is 5.11 Å². The van der Waals surface area contributed by atoms with Crippen LogP contribution in [-0.4, -0.2) is 22.4 Å². The molecule has 0 radical (unpaired) electrons. The van der Waals surface area contributed by atoms with Gasteiger partial charge in [-0.05, 0) is 50.3 Å². The molecule has 0 spiro atoms. The minimum atomic E-state index is -0.434. The van der Waals surface area contributed by atoms with E-state index in [1.165, 1.54) is 0 Å². The van der Waals surface area contributed by atoms with Gasteiger partial charge in [-0.2, -0.15) is 0 Å². The van der Waals surface area contributed by atoms with E-state index < -0.39 is 5.54 Å². The molecule has 0 unspecified atom stereocenters. The van der Waals surface area contributed by atoms with Crippen LogP contribution >= 0.6 is 23.8 Å². The number of thiocarbonyl (C=S) groups is 1. The highest BCUT2D eigenvalue weighted by Crippen LogP contribution is 2.13. The van der Waals surface area contributed by atoms with Gasteiger partial charge >= 0.3 is 0 Å². The highest BCUT2D eigenvalue weighted by Gasteiger charge is 2.16. The molecular weight excluding hydrogens is 244 g/mol. The van der Waals surface area contributed by atoms with Crippen LogP contribution in [0.4, 0.5) is 5.69 Å². The van der Waals surface area contributed by atoms with Gasteiger partial charge in [-0.1, -0.05) is 11.6 Å². The van der Waals surface area contributed by atoms with E-state index in [-0.39, 0.29) is 6.61 Å². The Kier molecular flexibility index (Phi) is 4.53. The monoisotopic (exact) mass is 258 g/mol. The summed E-state index contributed by atoms with van der Waals surface area (Å²) in [5.41, 5.74) is 0.423. The van der Waals surface area contributed by atoms with Gasteiger partial charge in [-0.3, -0.25) is 0 Å². The quantitative estimate of drug-likeness (QED) is 0.729. The summed E-state index contributed by atoms with van der Waals surface area (Å²) in [6, 6.07) is 7.23. The Morgan fingerprint density at radius 2 is 1.94 bits per heavy atom. The van der Waals surface area contributed by atoms with Crippen LogP contribution in [0, 0.1) is 0 Å². The first kappa shape index (κ1) is 13.2. The zero-order valence-electron chi connectivity index (χ0n) is 9.25. The van der Waals surface area contributed by atoms with Crippen molar-refractivity contribution in [2.75, 3.05) is 11.9 Å². The minimum absolute atomic E-state index is 0.00936. The third-order valence-corrected chi connectivity index (χ3v) is 2.41. The highest BCUT2D eigenvalue weighted by molar-refractivity contribution is 7.80. The summed E-state index contributed by atoms with van der Waals surface area (Å²) in [6.45, 7) is 3.74. The number of nitrogens with one attached hydrogen (secondary N) is 2. The van der Waals surface area contributed by atoms with Crippen molar-refractivity contribution in [1.82, 2.24) is 5.32 Å². The number of aliphatic hydroxyl groups is 1. The summed E-state index contributed by atoms with van der Waals surface area (Å²) in [6.07, 6.45) is 0. The standard InChI is InChI=1S/C11H15ClN2OS/c1-11(2,7-15)14-10(16)13-9-5-3-8(12)4-6-9/h3-6,15H,7H2,1-2H3,(H2,13,14,16). The molecule has 3 nitrogen and oxygen atoms in total. The number of aliphatic hydroxyl groups excluding tert-OH is 1.